The minimum Gasteiger partial charge on any atom is -0.465 e. The minimum absolute atomic E-state index is 0.140. The van der Waals surface area contributed by atoms with Crippen molar-refractivity contribution < 1.29 is 13.9 Å². The number of esters is 1. The van der Waals surface area contributed by atoms with E-state index in [1.165, 1.54) is 13.2 Å². The maximum absolute atomic E-state index is 13.4. The molecule has 0 aliphatic rings. The second kappa shape index (κ2) is 4.56. The zero-order valence-electron chi connectivity index (χ0n) is 8.50. The van der Waals surface area contributed by atoms with Crippen molar-refractivity contribution in [2.75, 3.05) is 7.11 Å². The van der Waals surface area contributed by atoms with Crippen LogP contribution in [-0.4, -0.2) is 13.1 Å². The summed E-state index contributed by atoms with van der Waals surface area (Å²) in [4.78, 5) is 11.3. The van der Waals surface area contributed by atoms with Crippen molar-refractivity contribution in [1.29, 1.82) is 5.26 Å². The summed E-state index contributed by atoms with van der Waals surface area (Å²) in [5.41, 5.74) is 0.558. The third kappa shape index (κ3) is 1.96. The van der Waals surface area contributed by atoms with Crippen molar-refractivity contribution in [1.82, 2.24) is 0 Å². The molecule has 1 aromatic rings. The lowest BCUT2D eigenvalue weighted by Gasteiger charge is -2.08. The van der Waals surface area contributed by atoms with E-state index in [-0.39, 0.29) is 5.56 Å². The Balaban J connectivity index is 3.47. The van der Waals surface area contributed by atoms with E-state index in [4.69, 9.17) is 5.26 Å². The van der Waals surface area contributed by atoms with Gasteiger partial charge >= 0.3 is 5.97 Å². The van der Waals surface area contributed by atoms with Crippen molar-refractivity contribution in [2.45, 2.75) is 13.3 Å². The molecule has 4 heteroatoms. The van der Waals surface area contributed by atoms with Crippen LogP contribution in [0.15, 0.2) is 12.1 Å². The van der Waals surface area contributed by atoms with Crippen molar-refractivity contribution in [3.8, 4) is 6.07 Å². The van der Waals surface area contributed by atoms with Gasteiger partial charge in [0.25, 0.3) is 0 Å². The highest BCUT2D eigenvalue weighted by molar-refractivity contribution is 5.92. The van der Waals surface area contributed by atoms with Crippen molar-refractivity contribution in [2.24, 2.45) is 0 Å². The molecule has 0 fully saturated rings. The van der Waals surface area contributed by atoms with Crippen LogP contribution in [0.25, 0.3) is 0 Å². The van der Waals surface area contributed by atoms with Crippen LogP contribution in [0.5, 0.6) is 0 Å². The SMILES string of the molecule is CCc1c(C#N)ccc(F)c1C(=O)OC. The third-order valence-electron chi connectivity index (χ3n) is 2.13. The first-order chi connectivity index (χ1) is 7.15. The molecule has 1 rings (SSSR count). The molecule has 0 radical (unpaired) electrons. The molecule has 0 saturated heterocycles. The van der Waals surface area contributed by atoms with E-state index < -0.39 is 11.8 Å². The average Bonchev–Trinajstić information content (AvgIpc) is 2.27. The van der Waals surface area contributed by atoms with E-state index in [9.17, 15) is 9.18 Å². The lowest BCUT2D eigenvalue weighted by atomic mass is 9.99. The predicted molar refractivity (Wildman–Crippen MR) is 51.8 cm³/mol. The van der Waals surface area contributed by atoms with Gasteiger partial charge in [0.2, 0.25) is 0 Å². The monoisotopic (exact) mass is 207 g/mol. The van der Waals surface area contributed by atoms with Gasteiger partial charge in [-0.25, -0.2) is 9.18 Å². The average molecular weight is 207 g/mol. The Morgan fingerprint density at radius 2 is 2.27 bits per heavy atom. The lowest BCUT2D eigenvalue weighted by Crippen LogP contribution is -2.10. The summed E-state index contributed by atoms with van der Waals surface area (Å²) in [5.74, 6) is -1.40. The summed E-state index contributed by atoms with van der Waals surface area (Å²) >= 11 is 0. The summed E-state index contributed by atoms with van der Waals surface area (Å²) in [5, 5.41) is 8.79. The van der Waals surface area contributed by atoms with E-state index in [0.717, 1.165) is 6.07 Å². The Morgan fingerprint density at radius 1 is 1.60 bits per heavy atom. The summed E-state index contributed by atoms with van der Waals surface area (Å²) in [6, 6.07) is 4.38. The molecule has 0 aliphatic heterocycles. The van der Waals surface area contributed by atoms with Gasteiger partial charge in [-0.05, 0) is 24.1 Å². The zero-order valence-corrected chi connectivity index (χ0v) is 8.50. The van der Waals surface area contributed by atoms with Gasteiger partial charge in [-0.15, -0.1) is 0 Å². The molecule has 1 aromatic carbocycles. The molecule has 0 aliphatic carbocycles. The minimum atomic E-state index is -0.749. The van der Waals surface area contributed by atoms with Crippen molar-refractivity contribution >= 4 is 5.97 Å². The fourth-order valence-corrected chi connectivity index (χ4v) is 1.41. The molecule has 0 unspecified atom stereocenters. The zero-order chi connectivity index (χ0) is 11.4. The Bertz CT molecular complexity index is 435. The number of rotatable bonds is 2. The lowest BCUT2D eigenvalue weighted by molar-refractivity contribution is 0.0594. The highest BCUT2D eigenvalue weighted by atomic mass is 19.1. The Morgan fingerprint density at radius 3 is 2.73 bits per heavy atom. The van der Waals surface area contributed by atoms with Crippen LogP contribution in [0.3, 0.4) is 0 Å². The number of hydrogen-bond acceptors (Lipinski definition) is 3. The van der Waals surface area contributed by atoms with Gasteiger partial charge in [0, 0.05) is 0 Å². The Labute approximate surface area is 87.1 Å². The summed E-state index contributed by atoms with van der Waals surface area (Å²) in [6.45, 7) is 1.75. The molecular weight excluding hydrogens is 197 g/mol. The molecule has 0 N–H and O–H groups in total. The highest BCUT2D eigenvalue weighted by Gasteiger charge is 2.19. The Kier molecular flexibility index (Phi) is 3.40. The smallest absolute Gasteiger partial charge is 0.341 e. The van der Waals surface area contributed by atoms with E-state index in [1.54, 1.807) is 6.92 Å². The predicted octanol–water partition coefficient (Wildman–Crippen LogP) is 2.05. The van der Waals surface area contributed by atoms with Gasteiger partial charge in [-0.3, -0.25) is 0 Å². The second-order valence-corrected chi connectivity index (χ2v) is 2.91. The van der Waals surface area contributed by atoms with Gasteiger partial charge in [0.15, 0.2) is 0 Å². The molecule has 0 saturated carbocycles. The van der Waals surface area contributed by atoms with Gasteiger partial charge in [-0.2, -0.15) is 5.26 Å². The fourth-order valence-electron chi connectivity index (χ4n) is 1.41. The molecule has 78 valence electrons. The van der Waals surface area contributed by atoms with Gasteiger partial charge in [0.1, 0.15) is 5.82 Å². The normalized spacial score (nSPS) is 9.47. The number of carbonyl (C=O) groups is 1. The largest absolute Gasteiger partial charge is 0.465 e. The quantitative estimate of drug-likeness (QED) is 0.697. The van der Waals surface area contributed by atoms with Crippen LogP contribution in [0.1, 0.15) is 28.4 Å². The standard InChI is InChI=1S/C11H10FNO2/c1-3-8-7(6-13)4-5-9(12)10(8)11(14)15-2/h4-5H,3H2,1-2H3. The fraction of sp³-hybridized carbons (Fsp3) is 0.273. The van der Waals surface area contributed by atoms with E-state index >= 15 is 0 Å². The third-order valence-corrected chi connectivity index (χ3v) is 2.13. The van der Waals surface area contributed by atoms with Gasteiger partial charge in [-0.1, -0.05) is 6.92 Å². The molecule has 0 atom stereocenters. The van der Waals surface area contributed by atoms with Crippen LogP contribution in [0.4, 0.5) is 4.39 Å². The number of benzene rings is 1. The second-order valence-electron chi connectivity index (χ2n) is 2.91. The molecule has 0 aromatic heterocycles. The molecular formula is C11H10FNO2. The maximum Gasteiger partial charge on any atom is 0.341 e. The summed E-state index contributed by atoms with van der Waals surface area (Å²) in [6.07, 6.45) is 0.408. The first-order valence-electron chi connectivity index (χ1n) is 4.45. The summed E-state index contributed by atoms with van der Waals surface area (Å²) in [7, 11) is 1.18. The first kappa shape index (κ1) is 11.2. The van der Waals surface area contributed by atoms with Crippen molar-refractivity contribution in [3.05, 3.63) is 34.6 Å². The van der Waals surface area contributed by atoms with Crippen molar-refractivity contribution in [3.63, 3.8) is 0 Å². The molecule has 0 spiro atoms. The number of ether oxygens (including phenoxy) is 1. The number of halogens is 1. The molecule has 15 heavy (non-hydrogen) atoms. The van der Waals surface area contributed by atoms with Crippen LogP contribution < -0.4 is 0 Å². The maximum atomic E-state index is 13.4. The molecule has 0 bridgehead atoms. The van der Waals surface area contributed by atoms with Crippen LogP contribution in [0, 0.1) is 17.1 Å². The van der Waals surface area contributed by atoms with E-state index in [2.05, 4.69) is 4.74 Å². The number of methoxy groups -OCH3 is 1. The molecule has 0 heterocycles. The highest BCUT2D eigenvalue weighted by Crippen LogP contribution is 2.19. The van der Waals surface area contributed by atoms with E-state index in [0.29, 0.717) is 17.5 Å². The number of nitriles is 1. The first-order valence-corrected chi connectivity index (χ1v) is 4.45. The summed E-state index contributed by atoms with van der Waals surface area (Å²) < 4.78 is 17.9. The van der Waals surface area contributed by atoms with Gasteiger partial charge in [0.05, 0.1) is 24.3 Å². The topological polar surface area (TPSA) is 50.1 Å². The molecule has 0 amide bonds. The number of carbonyl (C=O) groups excluding carboxylic acids is 1. The van der Waals surface area contributed by atoms with Gasteiger partial charge < -0.3 is 4.74 Å². The van der Waals surface area contributed by atoms with E-state index in [1.807, 2.05) is 6.07 Å². The van der Waals surface area contributed by atoms with Crippen LogP contribution in [0.2, 0.25) is 0 Å². The van der Waals surface area contributed by atoms with Crippen LogP contribution in [-0.2, 0) is 11.2 Å². The van der Waals surface area contributed by atoms with Crippen LogP contribution >= 0.6 is 0 Å². The molecule has 3 nitrogen and oxygen atoms in total. The number of hydrogen-bond donors (Lipinski definition) is 0. The Hall–Kier alpha value is -1.89. The number of nitrogens with zero attached hydrogens (tertiary/aromatic N) is 1.